The SMILES string of the molecule is CCNC(=O)CCCCCCCCCCCCCCCC(=O)C(C)C. The van der Waals surface area contributed by atoms with Crippen LogP contribution in [0.4, 0.5) is 0 Å². The van der Waals surface area contributed by atoms with Gasteiger partial charge in [0.15, 0.2) is 0 Å². The number of hydrogen-bond acceptors (Lipinski definition) is 2. The number of carbonyl (C=O) groups is 2. The van der Waals surface area contributed by atoms with Gasteiger partial charge in [-0.25, -0.2) is 0 Å². The molecule has 0 spiro atoms. The minimum Gasteiger partial charge on any atom is -0.356 e. The van der Waals surface area contributed by atoms with Crippen LogP contribution in [0.5, 0.6) is 0 Å². The van der Waals surface area contributed by atoms with Gasteiger partial charge in [0.1, 0.15) is 5.78 Å². The first kappa shape index (κ1) is 24.1. The van der Waals surface area contributed by atoms with Gasteiger partial charge < -0.3 is 5.32 Å². The normalized spacial score (nSPS) is 11.0. The van der Waals surface area contributed by atoms with Crippen LogP contribution in [0.3, 0.4) is 0 Å². The molecular formula is C22H43NO2. The zero-order valence-corrected chi connectivity index (χ0v) is 17.2. The van der Waals surface area contributed by atoms with Crippen molar-refractivity contribution in [3.63, 3.8) is 0 Å². The largest absolute Gasteiger partial charge is 0.356 e. The molecule has 148 valence electrons. The summed E-state index contributed by atoms with van der Waals surface area (Å²) in [6, 6.07) is 0. The number of nitrogens with one attached hydrogen (secondary N) is 1. The minimum absolute atomic E-state index is 0.203. The van der Waals surface area contributed by atoms with E-state index in [2.05, 4.69) is 5.32 Å². The number of Topliss-reactive ketones (excluding diaryl/α,β-unsaturated/α-hetero) is 1. The Hall–Kier alpha value is -0.860. The molecule has 0 atom stereocenters. The van der Waals surface area contributed by atoms with Gasteiger partial charge in [0.05, 0.1) is 0 Å². The summed E-state index contributed by atoms with van der Waals surface area (Å²) in [6.07, 6.45) is 18.0. The second kappa shape index (κ2) is 17.9. The molecule has 1 N–H and O–H groups in total. The van der Waals surface area contributed by atoms with Crippen LogP contribution >= 0.6 is 0 Å². The van der Waals surface area contributed by atoms with Gasteiger partial charge in [0.2, 0.25) is 5.91 Å². The van der Waals surface area contributed by atoms with Crippen molar-refractivity contribution >= 4 is 11.7 Å². The number of carbonyl (C=O) groups excluding carboxylic acids is 2. The first-order valence-corrected chi connectivity index (χ1v) is 10.9. The minimum atomic E-state index is 0.203. The topological polar surface area (TPSA) is 46.2 Å². The Kier molecular flexibility index (Phi) is 17.3. The van der Waals surface area contributed by atoms with Crippen molar-refractivity contribution in [2.75, 3.05) is 6.54 Å². The molecule has 0 heterocycles. The molecule has 0 aliphatic carbocycles. The lowest BCUT2D eigenvalue weighted by atomic mass is 10.0. The number of unbranched alkanes of at least 4 members (excludes halogenated alkanes) is 12. The van der Waals surface area contributed by atoms with Crippen LogP contribution in [0.25, 0.3) is 0 Å². The molecule has 3 nitrogen and oxygen atoms in total. The summed E-state index contributed by atoms with van der Waals surface area (Å²) in [5, 5.41) is 2.85. The van der Waals surface area contributed by atoms with Gasteiger partial charge in [-0.2, -0.15) is 0 Å². The average molecular weight is 354 g/mol. The van der Waals surface area contributed by atoms with Crippen molar-refractivity contribution in [1.29, 1.82) is 0 Å². The van der Waals surface area contributed by atoms with E-state index < -0.39 is 0 Å². The lowest BCUT2D eigenvalue weighted by Gasteiger charge is -2.05. The predicted molar refractivity (Wildman–Crippen MR) is 108 cm³/mol. The number of hydrogen-bond donors (Lipinski definition) is 1. The first-order valence-electron chi connectivity index (χ1n) is 10.9. The van der Waals surface area contributed by atoms with Crippen molar-refractivity contribution in [3.05, 3.63) is 0 Å². The lowest BCUT2D eigenvalue weighted by molar-refractivity contribution is -0.122. The first-order chi connectivity index (χ1) is 12.1. The lowest BCUT2D eigenvalue weighted by Crippen LogP contribution is -2.21. The zero-order valence-electron chi connectivity index (χ0n) is 17.2. The summed E-state index contributed by atoms with van der Waals surface area (Å²) >= 11 is 0. The third-order valence-corrected chi connectivity index (χ3v) is 4.84. The van der Waals surface area contributed by atoms with E-state index in [4.69, 9.17) is 0 Å². The van der Waals surface area contributed by atoms with E-state index in [1.807, 2.05) is 20.8 Å². The van der Waals surface area contributed by atoms with Crippen LogP contribution in [-0.2, 0) is 9.59 Å². The molecule has 0 rings (SSSR count). The molecule has 0 aliphatic heterocycles. The average Bonchev–Trinajstić information content (AvgIpc) is 2.58. The highest BCUT2D eigenvalue weighted by Gasteiger charge is 2.05. The van der Waals surface area contributed by atoms with Gasteiger partial charge in [-0.05, 0) is 19.8 Å². The Morgan fingerprint density at radius 1 is 0.640 bits per heavy atom. The van der Waals surface area contributed by atoms with Gasteiger partial charge >= 0.3 is 0 Å². The van der Waals surface area contributed by atoms with E-state index in [1.165, 1.54) is 70.6 Å². The molecule has 0 aromatic heterocycles. The summed E-state index contributed by atoms with van der Waals surface area (Å²) in [5.74, 6) is 0.832. The third-order valence-electron chi connectivity index (χ3n) is 4.84. The highest BCUT2D eigenvalue weighted by atomic mass is 16.1. The molecule has 0 saturated heterocycles. The Balaban J connectivity index is 3.12. The van der Waals surface area contributed by atoms with Crippen LogP contribution < -0.4 is 5.32 Å². The molecule has 3 heteroatoms. The number of rotatable bonds is 18. The van der Waals surface area contributed by atoms with Crippen molar-refractivity contribution in [3.8, 4) is 0 Å². The Morgan fingerprint density at radius 2 is 1.00 bits per heavy atom. The van der Waals surface area contributed by atoms with E-state index >= 15 is 0 Å². The Labute approximate surface area is 156 Å². The van der Waals surface area contributed by atoms with Crippen molar-refractivity contribution in [2.45, 2.75) is 117 Å². The monoisotopic (exact) mass is 353 g/mol. The van der Waals surface area contributed by atoms with Gasteiger partial charge in [0, 0.05) is 25.3 Å². The number of ketones is 1. The fraction of sp³-hybridized carbons (Fsp3) is 0.909. The molecule has 0 fully saturated rings. The van der Waals surface area contributed by atoms with Crippen molar-refractivity contribution in [1.82, 2.24) is 5.32 Å². The van der Waals surface area contributed by atoms with E-state index in [0.717, 1.165) is 25.8 Å². The molecule has 0 unspecified atom stereocenters. The molecular weight excluding hydrogens is 310 g/mol. The highest BCUT2D eigenvalue weighted by Crippen LogP contribution is 2.14. The van der Waals surface area contributed by atoms with E-state index in [1.54, 1.807) is 0 Å². The molecule has 0 aromatic carbocycles. The zero-order chi connectivity index (χ0) is 18.8. The number of amides is 1. The maximum Gasteiger partial charge on any atom is 0.219 e. The fourth-order valence-electron chi connectivity index (χ4n) is 3.10. The maximum absolute atomic E-state index is 11.5. The van der Waals surface area contributed by atoms with E-state index in [-0.39, 0.29) is 11.8 Å². The van der Waals surface area contributed by atoms with Gasteiger partial charge in [-0.1, -0.05) is 84.5 Å². The summed E-state index contributed by atoms with van der Waals surface area (Å²) < 4.78 is 0. The second-order valence-electron chi connectivity index (χ2n) is 7.67. The van der Waals surface area contributed by atoms with Crippen LogP contribution in [0.15, 0.2) is 0 Å². The Bertz CT molecular complexity index is 326. The fourth-order valence-corrected chi connectivity index (χ4v) is 3.10. The molecule has 0 bridgehead atoms. The van der Waals surface area contributed by atoms with Crippen molar-refractivity contribution in [2.24, 2.45) is 5.92 Å². The second-order valence-corrected chi connectivity index (χ2v) is 7.67. The summed E-state index contributed by atoms with van der Waals surface area (Å²) in [6.45, 7) is 6.70. The summed E-state index contributed by atoms with van der Waals surface area (Å²) in [7, 11) is 0. The third kappa shape index (κ3) is 17.7. The van der Waals surface area contributed by atoms with Crippen molar-refractivity contribution < 1.29 is 9.59 Å². The van der Waals surface area contributed by atoms with E-state index in [9.17, 15) is 9.59 Å². The quantitative estimate of drug-likeness (QED) is 0.298. The van der Waals surface area contributed by atoms with Gasteiger partial charge in [0.25, 0.3) is 0 Å². The molecule has 25 heavy (non-hydrogen) atoms. The molecule has 0 aliphatic rings. The summed E-state index contributed by atoms with van der Waals surface area (Å²) in [5.41, 5.74) is 0. The van der Waals surface area contributed by atoms with Crippen LogP contribution in [-0.4, -0.2) is 18.2 Å². The highest BCUT2D eigenvalue weighted by molar-refractivity contribution is 5.80. The predicted octanol–water partition coefficient (Wildman–Crippen LogP) is 6.20. The summed E-state index contributed by atoms with van der Waals surface area (Å²) in [4.78, 5) is 22.8. The molecule has 0 saturated carbocycles. The van der Waals surface area contributed by atoms with Crippen LogP contribution in [0, 0.1) is 5.92 Å². The van der Waals surface area contributed by atoms with Gasteiger partial charge in [-0.3, -0.25) is 9.59 Å². The molecule has 1 amide bonds. The van der Waals surface area contributed by atoms with Gasteiger partial charge in [-0.15, -0.1) is 0 Å². The van der Waals surface area contributed by atoms with E-state index in [0.29, 0.717) is 12.2 Å². The maximum atomic E-state index is 11.5. The van der Waals surface area contributed by atoms with Crippen LogP contribution in [0.1, 0.15) is 117 Å². The smallest absolute Gasteiger partial charge is 0.219 e. The molecule has 0 aromatic rings. The Morgan fingerprint density at radius 3 is 1.36 bits per heavy atom. The molecule has 0 radical (unpaired) electrons. The van der Waals surface area contributed by atoms with Crippen LogP contribution in [0.2, 0.25) is 0 Å². The standard InChI is InChI=1S/C22H43NO2/c1-4-23-22(25)19-17-15-13-11-9-7-5-6-8-10-12-14-16-18-21(24)20(2)3/h20H,4-19H2,1-3H3,(H,23,25).